The zero-order valence-electron chi connectivity index (χ0n) is 13.9. The Kier molecular flexibility index (Phi) is 5.46. The number of hydrogen-bond acceptors (Lipinski definition) is 4. The SMILES string of the molecule is CN(CC(C)(C)CN1CCOCC1)CC1(C)CCNC1. The molecular formula is C16H33N3O. The maximum Gasteiger partial charge on any atom is 0.0594 e. The number of morpholine rings is 1. The lowest BCUT2D eigenvalue weighted by atomic mass is 9.87. The van der Waals surface area contributed by atoms with Crippen molar-refractivity contribution in [3.8, 4) is 0 Å². The molecule has 0 aromatic heterocycles. The molecule has 2 fully saturated rings. The molecule has 0 aliphatic carbocycles. The Morgan fingerprint density at radius 1 is 1.30 bits per heavy atom. The Morgan fingerprint density at radius 2 is 2.00 bits per heavy atom. The van der Waals surface area contributed by atoms with E-state index in [4.69, 9.17) is 4.74 Å². The van der Waals surface area contributed by atoms with Crippen LogP contribution >= 0.6 is 0 Å². The lowest BCUT2D eigenvalue weighted by molar-refractivity contribution is 0.0147. The Bertz CT molecular complexity index is 294. The molecule has 0 aromatic rings. The van der Waals surface area contributed by atoms with Crippen LogP contribution in [0.2, 0.25) is 0 Å². The van der Waals surface area contributed by atoms with E-state index in [9.17, 15) is 0 Å². The highest BCUT2D eigenvalue weighted by Gasteiger charge is 2.32. The van der Waals surface area contributed by atoms with Crippen molar-refractivity contribution < 1.29 is 4.74 Å². The summed E-state index contributed by atoms with van der Waals surface area (Å²) in [5, 5.41) is 3.50. The van der Waals surface area contributed by atoms with Crippen LogP contribution in [0, 0.1) is 10.8 Å². The van der Waals surface area contributed by atoms with Gasteiger partial charge in [0, 0.05) is 39.3 Å². The Hall–Kier alpha value is -0.160. The van der Waals surface area contributed by atoms with Gasteiger partial charge < -0.3 is 15.0 Å². The first kappa shape index (κ1) is 16.2. The minimum Gasteiger partial charge on any atom is -0.379 e. The number of nitrogens with one attached hydrogen (secondary N) is 1. The van der Waals surface area contributed by atoms with Crippen molar-refractivity contribution in [3.63, 3.8) is 0 Å². The average Bonchev–Trinajstić information content (AvgIpc) is 2.75. The van der Waals surface area contributed by atoms with Gasteiger partial charge in [0.2, 0.25) is 0 Å². The third-order valence-electron chi connectivity index (χ3n) is 4.56. The number of rotatable bonds is 6. The van der Waals surface area contributed by atoms with Crippen LogP contribution in [0.3, 0.4) is 0 Å². The summed E-state index contributed by atoms with van der Waals surface area (Å²) in [6.07, 6.45) is 1.31. The normalized spacial score (nSPS) is 29.2. The van der Waals surface area contributed by atoms with Gasteiger partial charge in [-0.3, -0.25) is 4.90 Å². The summed E-state index contributed by atoms with van der Waals surface area (Å²) in [4.78, 5) is 5.09. The summed E-state index contributed by atoms with van der Waals surface area (Å²) < 4.78 is 5.44. The fourth-order valence-corrected chi connectivity index (χ4v) is 3.86. The van der Waals surface area contributed by atoms with E-state index in [1.807, 2.05) is 0 Å². The fourth-order valence-electron chi connectivity index (χ4n) is 3.86. The summed E-state index contributed by atoms with van der Waals surface area (Å²) in [5.41, 5.74) is 0.804. The lowest BCUT2D eigenvalue weighted by Crippen LogP contribution is -2.47. The Morgan fingerprint density at radius 3 is 2.60 bits per heavy atom. The van der Waals surface area contributed by atoms with Crippen LogP contribution in [0.5, 0.6) is 0 Å². The smallest absolute Gasteiger partial charge is 0.0594 e. The van der Waals surface area contributed by atoms with E-state index < -0.39 is 0 Å². The number of nitrogens with zero attached hydrogens (tertiary/aromatic N) is 2. The zero-order chi connectivity index (χ0) is 14.6. The van der Waals surface area contributed by atoms with Gasteiger partial charge in [-0.25, -0.2) is 0 Å². The molecule has 0 spiro atoms. The summed E-state index contributed by atoms with van der Waals surface area (Å²) in [5.74, 6) is 0. The second-order valence-corrected chi connectivity index (χ2v) is 7.96. The fraction of sp³-hybridized carbons (Fsp3) is 1.00. The van der Waals surface area contributed by atoms with Crippen LogP contribution < -0.4 is 5.32 Å². The van der Waals surface area contributed by atoms with Crippen molar-refractivity contribution in [1.29, 1.82) is 0 Å². The lowest BCUT2D eigenvalue weighted by Gasteiger charge is -2.39. The summed E-state index contributed by atoms with van der Waals surface area (Å²) in [6, 6.07) is 0. The van der Waals surface area contributed by atoms with Gasteiger partial charge in [0.15, 0.2) is 0 Å². The molecule has 0 radical (unpaired) electrons. The number of ether oxygens (including phenoxy) is 1. The molecule has 4 nitrogen and oxygen atoms in total. The first-order valence-corrected chi connectivity index (χ1v) is 8.08. The zero-order valence-corrected chi connectivity index (χ0v) is 13.9. The molecule has 4 heteroatoms. The van der Waals surface area contributed by atoms with Crippen molar-refractivity contribution >= 4 is 0 Å². The largest absolute Gasteiger partial charge is 0.379 e. The molecule has 0 saturated carbocycles. The van der Waals surface area contributed by atoms with Gasteiger partial charge in [0.25, 0.3) is 0 Å². The molecule has 20 heavy (non-hydrogen) atoms. The molecule has 0 amide bonds. The van der Waals surface area contributed by atoms with Crippen molar-refractivity contribution in [2.45, 2.75) is 27.2 Å². The first-order valence-electron chi connectivity index (χ1n) is 8.08. The molecule has 2 heterocycles. The van der Waals surface area contributed by atoms with Gasteiger partial charge in [-0.1, -0.05) is 20.8 Å². The molecule has 2 saturated heterocycles. The van der Waals surface area contributed by atoms with Gasteiger partial charge in [0.05, 0.1) is 13.2 Å². The summed E-state index contributed by atoms with van der Waals surface area (Å²) in [6.45, 7) is 17.1. The molecule has 2 aliphatic heterocycles. The van der Waals surface area contributed by atoms with Crippen LogP contribution in [0.25, 0.3) is 0 Å². The van der Waals surface area contributed by atoms with Crippen LogP contribution in [-0.4, -0.2) is 75.9 Å². The quantitative estimate of drug-likeness (QED) is 0.795. The van der Waals surface area contributed by atoms with E-state index in [-0.39, 0.29) is 0 Å². The van der Waals surface area contributed by atoms with Crippen molar-refractivity contribution in [2.24, 2.45) is 10.8 Å². The van der Waals surface area contributed by atoms with Gasteiger partial charge in [-0.05, 0) is 30.8 Å². The molecule has 2 aliphatic rings. The van der Waals surface area contributed by atoms with Crippen molar-refractivity contribution in [3.05, 3.63) is 0 Å². The molecule has 0 aromatic carbocycles. The first-order chi connectivity index (χ1) is 9.39. The Balaban J connectivity index is 1.77. The average molecular weight is 283 g/mol. The predicted molar refractivity (Wildman–Crippen MR) is 84.1 cm³/mol. The maximum atomic E-state index is 5.44. The van der Waals surface area contributed by atoms with Crippen LogP contribution in [0.1, 0.15) is 27.2 Å². The third-order valence-corrected chi connectivity index (χ3v) is 4.56. The molecule has 0 bridgehead atoms. The minimum atomic E-state index is 0.342. The van der Waals surface area contributed by atoms with Crippen LogP contribution in [0.4, 0.5) is 0 Å². The molecule has 2 rings (SSSR count). The van der Waals surface area contributed by atoms with Crippen molar-refractivity contribution in [2.75, 3.05) is 66.1 Å². The topological polar surface area (TPSA) is 27.7 Å². The standard InChI is InChI=1S/C16H33N3O/c1-15(2,13-19-7-9-20-10-8-19)12-18(4)14-16(3)5-6-17-11-16/h17H,5-14H2,1-4H3. The van der Waals surface area contributed by atoms with Gasteiger partial charge in [0.1, 0.15) is 0 Å². The highest BCUT2D eigenvalue weighted by molar-refractivity contribution is 4.87. The van der Waals surface area contributed by atoms with Crippen molar-refractivity contribution in [1.82, 2.24) is 15.1 Å². The molecule has 1 N–H and O–H groups in total. The Labute approximate surface area is 124 Å². The van der Waals surface area contributed by atoms with Crippen LogP contribution in [0.15, 0.2) is 0 Å². The maximum absolute atomic E-state index is 5.44. The molecular weight excluding hydrogens is 250 g/mol. The minimum absolute atomic E-state index is 0.342. The van der Waals surface area contributed by atoms with Gasteiger partial charge in [-0.15, -0.1) is 0 Å². The molecule has 118 valence electrons. The highest BCUT2D eigenvalue weighted by atomic mass is 16.5. The second-order valence-electron chi connectivity index (χ2n) is 7.96. The van der Waals surface area contributed by atoms with Gasteiger partial charge in [-0.2, -0.15) is 0 Å². The second kappa shape index (κ2) is 6.73. The van der Waals surface area contributed by atoms with E-state index in [2.05, 4.69) is 42.9 Å². The predicted octanol–water partition coefficient (Wildman–Crippen LogP) is 1.28. The van der Waals surface area contributed by atoms with Gasteiger partial charge >= 0.3 is 0 Å². The molecule has 1 unspecified atom stereocenters. The summed E-state index contributed by atoms with van der Waals surface area (Å²) >= 11 is 0. The molecule has 1 atom stereocenters. The number of hydrogen-bond donors (Lipinski definition) is 1. The highest BCUT2D eigenvalue weighted by Crippen LogP contribution is 2.27. The van der Waals surface area contributed by atoms with E-state index in [1.54, 1.807) is 0 Å². The van der Waals surface area contributed by atoms with E-state index in [0.717, 1.165) is 26.3 Å². The summed E-state index contributed by atoms with van der Waals surface area (Å²) in [7, 11) is 2.28. The van der Waals surface area contributed by atoms with Crippen LogP contribution in [-0.2, 0) is 4.74 Å². The van der Waals surface area contributed by atoms with E-state index in [1.165, 1.54) is 39.1 Å². The van der Waals surface area contributed by atoms with E-state index >= 15 is 0 Å². The third kappa shape index (κ3) is 4.99. The van der Waals surface area contributed by atoms with E-state index in [0.29, 0.717) is 10.8 Å². The monoisotopic (exact) mass is 283 g/mol.